The first-order valence-electron chi connectivity index (χ1n) is 11.9. The molecule has 3 aliphatic rings. The van der Waals surface area contributed by atoms with Crippen LogP contribution in [-0.4, -0.2) is 36.3 Å². The molecule has 2 heterocycles. The summed E-state index contributed by atoms with van der Waals surface area (Å²) in [5, 5.41) is 24.1. The summed E-state index contributed by atoms with van der Waals surface area (Å²) in [6.07, 6.45) is 4.59. The van der Waals surface area contributed by atoms with Crippen molar-refractivity contribution < 1.29 is 15.0 Å². The molecule has 3 aliphatic carbocycles. The molecule has 9 heteroatoms. The standard InChI is InChI=1S/C26H29ClN4O4/c1-14-12-16(15(2)28-18-4-5-19(27)29-21(18)23(33)34)20-17(13-14)22(32)31(3)24(30-20)25-6-9-26(35,10-7-25)11-8-25/h4-5,12-13,15,28,35H,6-11H2,1-3H3,(H,33,34)/t15-,25?,26?/m1/s1. The van der Waals surface area contributed by atoms with Gasteiger partial charge in [-0.15, -0.1) is 0 Å². The predicted octanol–water partition coefficient (Wildman–Crippen LogP) is 4.50. The minimum Gasteiger partial charge on any atom is -0.476 e. The minimum atomic E-state index is -1.18. The molecular formula is C26H29ClN4O4. The second-order valence-corrected chi connectivity index (χ2v) is 10.6. The SMILES string of the molecule is Cc1cc([C@@H](C)Nc2ccc(Cl)nc2C(=O)O)c2nc(C34CCC(O)(CC3)CC4)n(C)c(=O)c2c1. The lowest BCUT2D eigenvalue weighted by molar-refractivity contribution is -0.0687. The lowest BCUT2D eigenvalue weighted by Crippen LogP contribution is -2.50. The van der Waals surface area contributed by atoms with Crippen LogP contribution >= 0.6 is 11.6 Å². The quantitative estimate of drug-likeness (QED) is 0.445. The fraction of sp³-hybridized carbons (Fsp3) is 0.462. The van der Waals surface area contributed by atoms with Gasteiger partial charge in [-0.2, -0.15) is 0 Å². The molecule has 184 valence electrons. The van der Waals surface area contributed by atoms with Crippen molar-refractivity contribution in [1.29, 1.82) is 0 Å². The van der Waals surface area contributed by atoms with E-state index in [0.29, 0.717) is 16.6 Å². The van der Waals surface area contributed by atoms with E-state index in [9.17, 15) is 19.8 Å². The molecule has 3 fully saturated rings. The van der Waals surface area contributed by atoms with Gasteiger partial charge in [0.2, 0.25) is 0 Å². The van der Waals surface area contributed by atoms with E-state index in [-0.39, 0.29) is 27.9 Å². The van der Waals surface area contributed by atoms with Gasteiger partial charge in [-0.3, -0.25) is 9.36 Å². The summed E-state index contributed by atoms with van der Waals surface area (Å²) < 4.78 is 1.69. The molecule has 0 spiro atoms. The lowest BCUT2D eigenvalue weighted by Gasteiger charge is -2.50. The first-order chi connectivity index (χ1) is 16.5. The third-order valence-electron chi connectivity index (χ3n) is 7.94. The second-order valence-electron chi connectivity index (χ2n) is 10.3. The third-order valence-corrected chi connectivity index (χ3v) is 8.15. The van der Waals surface area contributed by atoms with Crippen molar-refractivity contribution in [3.8, 4) is 0 Å². The molecule has 35 heavy (non-hydrogen) atoms. The van der Waals surface area contributed by atoms with Crippen LogP contribution in [0.15, 0.2) is 29.1 Å². The molecular weight excluding hydrogens is 468 g/mol. The first kappa shape index (κ1) is 23.8. The summed E-state index contributed by atoms with van der Waals surface area (Å²) in [7, 11) is 1.79. The summed E-state index contributed by atoms with van der Waals surface area (Å²) >= 11 is 5.91. The zero-order valence-corrected chi connectivity index (χ0v) is 20.8. The highest BCUT2D eigenvalue weighted by Gasteiger charge is 2.50. The Morgan fingerprint density at radius 1 is 1.14 bits per heavy atom. The number of aromatic carboxylic acids is 1. The number of aliphatic hydroxyl groups is 1. The van der Waals surface area contributed by atoms with Crippen LogP contribution in [0.3, 0.4) is 0 Å². The molecule has 8 nitrogen and oxygen atoms in total. The molecule has 6 rings (SSSR count). The van der Waals surface area contributed by atoms with E-state index in [0.717, 1.165) is 55.5 Å². The van der Waals surface area contributed by atoms with Crippen molar-refractivity contribution in [1.82, 2.24) is 14.5 Å². The van der Waals surface area contributed by atoms with Gasteiger partial charge in [-0.25, -0.2) is 14.8 Å². The first-order valence-corrected chi connectivity index (χ1v) is 12.3. The molecule has 0 aliphatic heterocycles. The number of nitrogens with one attached hydrogen (secondary N) is 1. The maximum atomic E-state index is 13.5. The number of aromatic nitrogens is 3. The number of nitrogens with zero attached hydrogens (tertiary/aromatic N) is 3. The predicted molar refractivity (Wildman–Crippen MR) is 134 cm³/mol. The number of aryl methyl sites for hydroxylation is 1. The number of carbonyl (C=O) groups is 1. The Bertz CT molecular complexity index is 1390. The molecule has 2 aromatic heterocycles. The van der Waals surface area contributed by atoms with Crippen LogP contribution in [0.25, 0.3) is 10.9 Å². The number of fused-ring (bicyclic) bond motifs is 4. The Morgan fingerprint density at radius 2 is 1.80 bits per heavy atom. The number of carboxylic acid groups (broad SMARTS) is 1. The van der Waals surface area contributed by atoms with Gasteiger partial charge in [0.1, 0.15) is 11.0 Å². The van der Waals surface area contributed by atoms with Gasteiger partial charge < -0.3 is 15.5 Å². The summed E-state index contributed by atoms with van der Waals surface area (Å²) in [6.45, 7) is 3.84. The lowest BCUT2D eigenvalue weighted by atomic mass is 9.58. The maximum absolute atomic E-state index is 13.5. The molecule has 0 radical (unpaired) electrons. The molecule has 2 bridgehead atoms. The highest BCUT2D eigenvalue weighted by molar-refractivity contribution is 6.29. The van der Waals surface area contributed by atoms with Crippen LogP contribution in [-0.2, 0) is 12.5 Å². The molecule has 0 amide bonds. The molecule has 3 saturated carbocycles. The van der Waals surface area contributed by atoms with Crippen molar-refractivity contribution in [3.63, 3.8) is 0 Å². The Labute approximate surface area is 208 Å². The van der Waals surface area contributed by atoms with Crippen molar-refractivity contribution in [2.75, 3.05) is 5.32 Å². The second kappa shape index (κ2) is 8.31. The number of anilines is 1. The molecule has 0 saturated heterocycles. The average Bonchev–Trinajstić information content (AvgIpc) is 2.83. The van der Waals surface area contributed by atoms with E-state index in [4.69, 9.17) is 16.6 Å². The largest absolute Gasteiger partial charge is 0.476 e. The van der Waals surface area contributed by atoms with Crippen LogP contribution in [0.5, 0.6) is 0 Å². The third kappa shape index (κ3) is 3.98. The van der Waals surface area contributed by atoms with Gasteiger partial charge in [-0.1, -0.05) is 17.7 Å². The Kier molecular flexibility index (Phi) is 5.64. The van der Waals surface area contributed by atoms with Gasteiger partial charge in [0.25, 0.3) is 5.56 Å². The van der Waals surface area contributed by atoms with Crippen LogP contribution in [0.1, 0.15) is 78.9 Å². The van der Waals surface area contributed by atoms with Crippen LogP contribution in [0.2, 0.25) is 5.15 Å². The molecule has 3 N–H and O–H groups in total. The van der Waals surface area contributed by atoms with Gasteiger partial charge in [0.15, 0.2) is 5.69 Å². The number of halogens is 1. The molecule has 0 unspecified atom stereocenters. The van der Waals surface area contributed by atoms with Crippen LogP contribution in [0, 0.1) is 6.92 Å². The van der Waals surface area contributed by atoms with Crippen molar-refractivity contribution in [2.24, 2.45) is 7.05 Å². The van der Waals surface area contributed by atoms with Crippen LogP contribution < -0.4 is 10.9 Å². The molecule has 1 atom stereocenters. The van der Waals surface area contributed by atoms with Crippen molar-refractivity contribution >= 4 is 34.2 Å². The van der Waals surface area contributed by atoms with Crippen molar-refractivity contribution in [3.05, 3.63) is 62.4 Å². The fourth-order valence-corrected chi connectivity index (χ4v) is 6.03. The smallest absolute Gasteiger partial charge is 0.356 e. The maximum Gasteiger partial charge on any atom is 0.356 e. The van der Waals surface area contributed by atoms with Gasteiger partial charge in [0.05, 0.1) is 28.2 Å². The number of pyridine rings is 1. The number of carboxylic acids is 1. The van der Waals surface area contributed by atoms with E-state index < -0.39 is 11.6 Å². The topological polar surface area (TPSA) is 117 Å². The van der Waals surface area contributed by atoms with E-state index in [1.807, 2.05) is 26.0 Å². The Morgan fingerprint density at radius 3 is 2.43 bits per heavy atom. The van der Waals surface area contributed by atoms with Gasteiger partial charge in [-0.05, 0) is 76.1 Å². The van der Waals surface area contributed by atoms with Crippen molar-refractivity contribution in [2.45, 2.75) is 69.4 Å². The van der Waals surface area contributed by atoms with Crippen LogP contribution in [0.4, 0.5) is 5.69 Å². The Hall–Kier alpha value is -2.97. The number of hydrogen-bond acceptors (Lipinski definition) is 6. The monoisotopic (exact) mass is 496 g/mol. The highest BCUT2D eigenvalue weighted by Crippen LogP contribution is 2.53. The van der Waals surface area contributed by atoms with Gasteiger partial charge >= 0.3 is 5.97 Å². The summed E-state index contributed by atoms with van der Waals surface area (Å²) in [4.78, 5) is 34.3. The van der Waals surface area contributed by atoms with E-state index in [1.54, 1.807) is 17.7 Å². The normalized spacial score (nSPS) is 24.5. The summed E-state index contributed by atoms with van der Waals surface area (Å²) in [5.41, 5.74) is 1.63. The molecule has 1 aromatic carbocycles. The average molecular weight is 497 g/mol. The molecule has 3 aromatic rings. The summed E-state index contributed by atoms with van der Waals surface area (Å²) in [5.74, 6) is -0.410. The van der Waals surface area contributed by atoms with E-state index in [1.165, 1.54) is 6.07 Å². The number of rotatable bonds is 5. The highest BCUT2D eigenvalue weighted by atomic mass is 35.5. The zero-order valence-electron chi connectivity index (χ0n) is 20.1. The Balaban J connectivity index is 1.63. The van der Waals surface area contributed by atoms with E-state index >= 15 is 0 Å². The zero-order chi connectivity index (χ0) is 25.1. The number of hydrogen-bond donors (Lipinski definition) is 3. The summed E-state index contributed by atoms with van der Waals surface area (Å²) in [6, 6.07) is 6.62. The fourth-order valence-electron chi connectivity index (χ4n) is 5.88. The van der Waals surface area contributed by atoms with Gasteiger partial charge in [0, 0.05) is 18.0 Å². The number of benzene rings is 1. The minimum absolute atomic E-state index is 0.0951. The van der Waals surface area contributed by atoms with E-state index in [2.05, 4.69) is 10.3 Å².